The summed E-state index contributed by atoms with van der Waals surface area (Å²) in [4.78, 5) is 6.62. The number of benzene rings is 1. The molecule has 2 N–H and O–H groups in total. The molecule has 4 rings (SSSR count). The normalized spacial score (nSPS) is 19.0. The summed E-state index contributed by atoms with van der Waals surface area (Å²) in [6, 6.07) is 15.3. The van der Waals surface area contributed by atoms with Crippen molar-refractivity contribution < 1.29 is 8.42 Å². The van der Waals surface area contributed by atoms with Gasteiger partial charge < -0.3 is 14.8 Å². The number of nitrogens with zero attached hydrogens (tertiary/aromatic N) is 3. The smallest absolute Gasteiger partial charge is 0.229 e. The molecule has 1 fully saturated rings. The first-order valence-corrected chi connectivity index (χ1v) is 11.7. The van der Waals surface area contributed by atoms with Crippen molar-refractivity contribution in [3.05, 3.63) is 77.9 Å². The Labute approximate surface area is 181 Å². The molecule has 0 saturated carbocycles. The van der Waals surface area contributed by atoms with E-state index in [0.717, 1.165) is 28.9 Å². The molecule has 9 heteroatoms. The molecule has 156 valence electrons. The van der Waals surface area contributed by atoms with E-state index in [1.54, 1.807) is 12.3 Å². The highest BCUT2D eigenvalue weighted by Crippen LogP contribution is 2.42. The van der Waals surface area contributed by atoms with Crippen molar-refractivity contribution in [3.8, 4) is 0 Å². The van der Waals surface area contributed by atoms with Crippen LogP contribution in [-0.2, 0) is 17.1 Å². The zero-order chi connectivity index (χ0) is 21.5. The molecular weight excluding hydrogens is 418 g/mol. The average molecular weight is 442 g/mol. The summed E-state index contributed by atoms with van der Waals surface area (Å²) in [5, 5.41) is 4.02. The Morgan fingerprint density at radius 3 is 2.57 bits per heavy atom. The third-order valence-electron chi connectivity index (χ3n) is 5.17. The number of aryl methyl sites for hydroxylation is 2. The maximum atomic E-state index is 11.6. The number of thiocarbonyl (C=S) groups is 1. The molecule has 7 nitrogen and oxygen atoms in total. The van der Waals surface area contributed by atoms with Gasteiger partial charge in [0.15, 0.2) is 5.11 Å². The fraction of sp³-hybridized carbons (Fsp3) is 0.238. The molecule has 1 saturated heterocycles. The second-order valence-electron chi connectivity index (χ2n) is 7.41. The SMILES string of the molecule is Cc1cc(N2C(=S)N[C@H](c3ccccn3)[C@H]2c2cccn2C)ccc1NS(C)(=O)=O. The molecular formula is C21H23N5O2S2. The quantitative estimate of drug-likeness (QED) is 0.592. The van der Waals surface area contributed by atoms with Gasteiger partial charge in [0.25, 0.3) is 0 Å². The topological polar surface area (TPSA) is 79.3 Å². The largest absolute Gasteiger partial charge is 0.353 e. The van der Waals surface area contributed by atoms with Crippen molar-refractivity contribution in [1.29, 1.82) is 0 Å². The summed E-state index contributed by atoms with van der Waals surface area (Å²) >= 11 is 5.72. The van der Waals surface area contributed by atoms with E-state index in [-0.39, 0.29) is 12.1 Å². The molecule has 2 atom stereocenters. The average Bonchev–Trinajstić information content (AvgIpc) is 3.25. The van der Waals surface area contributed by atoms with Crippen LogP contribution < -0.4 is 14.9 Å². The van der Waals surface area contributed by atoms with Gasteiger partial charge in [0.1, 0.15) is 6.04 Å². The van der Waals surface area contributed by atoms with Gasteiger partial charge in [-0.05, 0) is 67.2 Å². The summed E-state index contributed by atoms with van der Waals surface area (Å²) in [5.74, 6) is 0. The lowest BCUT2D eigenvalue weighted by Crippen LogP contribution is -2.30. The van der Waals surface area contributed by atoms with Crippen molar-refractivity contribution in [2.24, 2.45) is 7.05 Å². The van der Waals surface area contributed by atoms with Crippen molar-refractivity contribution >= 4 is 38.7 Å². The van der Waals surface area contributed by atoms with Gasteiger partial charge in [-0.2, -0.15) is 0 Å². The molecule has 2 aromatic heterocycles. The number of hydrogen-bond acceptors (Lipinski definition) is 4. The van der Waals surface area contributed by atoms with Gasteiger partial charge in [-0.3, -0.25) is 9.71 Å². The lowest BCUT2D eigenvalue weighted by atomic mass is 10.0. The second kappa shape index (κ2) is 7.73. The Balaban J connectivity index is 1.79. The van der Waals surface area contributed by atoms with E-state index < -0.39 is 10.0 Å². The zero-order valence-corrected chi connectivity index (χ0v) is 18.5. The summed E-state index contributed by atoms with van der Waals surface area (Å²) in [7, 11) is -1.34. The summed E-state index contributed by atoms with van der Waals surface area (Å²) in [5.41, 5.74) is 4.24. The van der Waals surface area contributed by atoms with Crippen molar-refractivity contribution in [3.63, 3.8) is 0 Å². The van der Waals surface area contributed by atoms with E-state index in [9.17, 15) is 8.42 Å². The fourth-order valence-corrected chi connectivity index (χ4v) is 4.80. The monoisotopic (exact) mass is 441 g/mol. The molecule has 30 heavy (non-hydrogen) atoms. The molecule has 0 unspecified atom stereocenters. The number of pyridine rings is 1. The van der Waals surface area contributed by atoms with Gasteiger partial charge in [-0.15, -0.1) is 0 Å². The number of rotatable bonds is 5. The molecule has 0 spiro atoms. The molecule has 1 aliphatic heterocycles. The van der Waals surface area contributed by atoms with Gasteiger partial charge in [0.05, 0.1) is 23.7 Å². The number of aromatic nitrogens is 2. The van der Waals surface area contributed by atoms with Crippen LogP contribution in [0.25, 0.3) is 0 Å². The maximum Gasteiger partial charge on any atom is 0.229 e. The summed E-state index contributed by atoms with van der Waals surface area (Å²) < 4.78 is 27.9. The number of nitrogens with one attached hydrogen (secondary N) is 2. The number of sulfonamides is 1. The molecule has 1 aliphatic rings. The Morgan fingerprint density at radius 2 is 1.97 bits per heavy atom. The number of hydrogen-bond donors (Lipinski definition) is 2. The highest BCUT2D eigenvalue weighted by Gasteiger charge is 2.41. The van der Waals surface area contributed by atoms with E-state index in [4.69, 9.17) is 12.2 Å². The van der Waals surface area contributed by atoms with Crippen molar-refractivity contribution in [2.45, 2.75) is 19.0 Å². The predicted molar refractivity (Wildman–Crippen MR) is 123 cm³/mol. The van der Waals surface area contributed by atoms with Gasteiger partial charge in [-0.25, -0.2) is 8.42 Å². The highest BCUT2D eigenvalue weighted by atomic mass is 32.2. The molecule has 3 heterocycles. The van der Waals surface area contributed by atoms with Crippen LogP contribution in [0.5, 0.6) is 0 Å². The van der Waals surface area contributed by atoms with Gasteiger partial charge in [-0.1, -0.05) is 6.07 Å². The minimum Gasteiger partial charge on any atom is -0.353 e. The zero-order valence-electron chi connectivity index (χ0n) is 16.9. The lowest BCUT2D eigenvalue weighted by Gasteiger charge is -2.28. The fourth-order valence-electron chi connectivity index (χ4n) is 3.83. The van der Waals surface area contributed by atoms with Gasteiger partial charge >= 0.3 is 0 Å². The van der Waals surface area contributed by atoms with Crippen LogP contribution >= 0.6 is 12.2 Å². The van der Waals surface area contributed by atoms with E-state index in [1.165, 1.54) is 0 Å². The van der Waals surface area contributed by atoms with Crippen molar-refractivity contribution in [1.82, 2.24) is 14.9 Å². The molecule has 1 aromatic carbocycles. The molecule has 0 radical (unpaired) electrons. The van der Waals surface area contributed by atoms with Gasteiger partial charge in [0.2, 0.25) is 10.0 Å². The van der Waals surface area contributed by atoms with E-state index in [2.05, 4.69) is 30.6 Å². The summed E-state index contributed by atoms with van der Waals surface area (Å²) in [6.07, 6.45) is 4.93. The molecule has 3 aromatic rings. The third kappa shape index (κ3) is 3.90. The second-order valence-corrected chi connectivity index (χ2v) is 9.55. The van der Waals surface area contributed by atoms with Crippen LogP contribution in [0.2, 0.25) is 0 Å². The molecule has 0 bridgehead atoms. The maximum absolute atomic E-state index is 11.6. The summed E-state index contributed by atoms with van der Waals surface area (Å²) in [6.45, 7) is 1.87. The van der Waals surface area contributed by atoms with Crippen LogP contribution in [0.1, 0.15) is 29.0 Å². The van der Waals surface area contributed by atoms with Crippen LogP contribution in [0.4, 0.5) is 11.4 Å². The third-order valence-corrected chi connectivity index (χ3v) is 6.07. The lowest BCUT2D eigenvalue weighted by molar-refractivity contribution is 0.541. The predicted octanol–water partition coefficient (Wildman–Crippen LogP) is 3.28. The highest BCUT2D eigenvalue weighted by molar-refractivity contribution is 7.92. The minimum absolute atomic E-state index is 0.111. The number of anilines is 2. The van der Waals surface area contributed by atoms with Crippen LogP contribution in [0.3, 0.4) is 0 Å². The first-order valence-electron chi connectivity index (χ1n) is 9.45. The van der Waals surface area contributed by atoms with Crippen LogP contribution in [-0.4, -0.2) is 29.3 Å². The standard InChI is InChI=1S/C21H23N5O2S2/c1-14-13-15(9-10-16(14)24-30(3,27)28)26-20(18-8-6-12-25(18)2)19(23-21(26)29)17-7-4-5-11-22-17/h4-13,19-20,24H,1-3H3,(H,23,29)/t19-,20-/m1/s1. The Morgan fingerprint density at radius 1 is 1.17 bits per heavy atom. The van der Waals surface area contributed by atoms with E-state index in [0.29, 0.717) is 10.8 Å². The minimum atomic E-state index is -3.35. The Bertz CT molecular complexity index is 1190. The van der Waals surface area contributed by atoms with Crippen LogP contribution in [0.15, 0.2) is 60.9 Å². The first kappa shape index (κ1) is 20.4. The van der Waals surface area contributed by atoms with E-state index >= 15 is 0 Å². The molecule has 0 aliphatic carbocycles. The molecule has 0 amide bonds. The Hall–Kier alpha value is -2.91. The van der Waals surface area contributed by atoms with Crippen LogP contribution in [0, 0.1) is 6.92 Å². The van der Waals surface area contributed by atoms with Gasteiger partial charge in [0, 0.05) is 30.8 Å². The first-order chi connectivity index (χ1) is 14.2. The van der Waals surface area contributed by atoms with E-state index in [1.807, 2.05) is 56.6 Å². The van der Waals surface area contributed by atoms with Crippen molar-refractivity contribution in [2.75, 3.05) is 15.9 Å². The Kier molecular flexibility index (Phi) is 5.25.